The number of benzene rings is 1. The van der Waals surface area contributed by atoms with E-state index < -0.39 is 0 Å². The summed E-state index contributed by atoms with van der Waals surface area (Å²) in [6.07, 6.45) is 0. The molecule has 1 heterocycles. The van der Waals surface area contributed by atoms with Crippen LogP contribution in [-0.2, 0) is 0 Å². The third-order valence-electron chi connectivity index (χ3n) is 3.37. The number of aromatic nitrogens is 1. The number of nitrogens with zero attached hydrogens (tertiary/aromatic N) is 1. The highest BCUT2D eigenvalue weighted by molar-refractivity contribution is 5.47. The van der Waals surface area contributed by atoms with Crippen molar-refractivity contribution >= 4 is 0 Å². The summed E-state index contributed by atoms with van der Waals surface area (Å²) in [7, 11) is 1.68. The fraction of sp³-hybridized carbons (Fsp3) is 0.312. The third kappa shape index (κ3) is 2.81. The first-order chi connectivity index (χ1) is 9.56. The normalized spacial score (nSPS) is 12.2. The molecule has 1 aromatic carbocycles. The lowest BCUT2D eigenvalue weighted by Gasteiger charge is -2.22. The summed E-state index contributed by atoms with van der Waals surface area (Å²) in [5, 5.41) is 0. The maximum atomic E-state index is 5.77. The molecule has 0 saturated carbocycles. The molecular formula is C16H21N3O. The summed E-state index contributed by atoms with van der Waals surface area (Å²) >= 11 is 0. The average Bonchev–Trinajstić information content (AvgIpc) is 2.41. The molecule has 4 heteroatoms. The Bertz CT molecular complexity index is 611. The summed E-state index contributed by atoms with van der Waals surface area (Å²) in [5.41, 5.74) is 8.03. The van der Waals surface area contributed by atoms with Gasteiger partial charge in [-0.05, 0) is 50.1 Å². The fourth-order valence-electron chi connectivity index (χ4n) is 2.52. The van der Waals surface area contributed by atoms with E-state index in [1.54, 1.807) is 7.11 Å². The molecule has 0 spiro atoms. The molecule has 20 heavy (non-hydrogen) atoms. The molecule has 0 aliphatic carbocycles. The predicted octanol–water partition coefficient (Wildman–Crippen LogP) is 2.57. The molecule has 0 saturated heterocycles. The van der Waals surface area contributed by atoms with Crippen LogP contribution < -0.4 is 16.0 Å². The van der Waals surface area contributed by atoms with E-state index in [1.807, 2.05) is 31.2 Å². The second kappa shape index (κ2) is 6.03. The molecule has 2 rings (SSSR count). The number of ether oxygens (including phenoxy) is 1. The summed E-state index contributed by atoms with van der Waals surface area (Å²) in [5.74, 6) is 6.60. The van der Waals surface area contributed by atoms with Crippen LogP contribution in [0.15, 0.2) is 30.3 Å². The van der Waals surface area contributed by atoms with Crippen LogP contribution in [0.5, 0.6) is 5.75 Å². The Hall–Kier alpha value is -1.91. The second-order valence-corrected chi connectivity index (χ2v) is 5.00. The lowest BCUT2D eigenvalue weighted by molar-refractivity contribution is 0.402. The first-order valence-corrected chi connectivity index (χ1v) is 6.61. The molecular weight excluding hydrogens is 250 g/mol. The van der Waals surface area contributed by atoms with E-state index in [4.69, 9.17) is 10.6 Å². The number of methoxy groups -OCH3 is 1. The van der Waals surface area contributed by atoms with E-state index in [0.717, 1.165) is 33.8 Å². The number of aryl methyl sites for hydroxylation is 3. The molecule has 0 bridgehead atoms. The molecule has 0 aliphatic rings. The molecule has 1 aromatic heterocycles. The maximum absolute atomic E-state index is 5.77. The minimum absolute atomic E-state index is 0.189. The van der Waals surface area contributed by atoms with Gasteiger partial charge in [0.1, 0.15) is 5.75 Å². The number of hydrogen-bond acceptors (Lipinski definition) is 4. The van der Waals surface area contributed by atoms with Crippen LogP contribution in [0.4, 0.5) is 0 Å². The second-order valence-electron chi connectivity index (χ2n) is 5.00. The Morgan fingerprint density at radius 3 is 2.55 bits per heavy atom. The molecule has 2 aromatic rings. The largest absolute Gasteiger partial charge is 0.496 e. The Labute approximate surface area is 120 Å². The number of pyridine rings is 1. The zero-order chi connectivity index (χ0) is 14.7. The fourth-order valence-corrected chi connectivity index (χ4v) is 2.52. The monoisotopic (exact) mass is 271 g/mol. The van der Waals surface area contributed by atoms with Crippen molar-refractivity contribution in [3.63, 3.8) is 0 Å². The number of nitrogens with two attached hydrogens (primary N) is 1. The van der Waals surface area contributed by atoms with Crippen LogP contribution in [0, 0.1) is 20.8 Å². The van der Waals surface area contributed by atoms with Crippen LogP contribution in [0.3, 0.4) is 0 Å². The minimum Gasteiger partial charge on any atom is -0.496 e. The van der Waals surface area contributed by atoms with Crippen molar-refractivity contribution in [3.8, 4) is 5.75 Å². The highest BCUT2D eigenvalue weighted by Gasteiger charge is 2.21. The Morgan fingerprint density at radius 2 is 1.95 bits per heavy atom. The maximum Gasteiger partial charge on any atom is 0.124 e. The van der Waals surface area contributed by atoms with Gasteiger partial charge in [-0.25, -0.2) is 5.43 Å². The lowest BCUT2D eigenvalue weighted by Crippen LogP contribution is -2.30. The zero-order valence-corrected chi connectivity index (χ0v) is 12.4. The number of hydrogen-bond donors (Lipinski definition) is 2. The van der Waals surface area contributed by atoms with Crippen LogP contribution >= 0.6 is 0 Å². The summed E-state index contributed by atoms with van der Waals surface area (Å²) in [4.78, 5) is 4.56. The van der Waals surface area contributed by atoms with E-state index in [9.17, 15) is 0 Å². The van der Waals surface area contributed by atoms with Gasteiger partial charge in [0.15, 0.2) is 0 Å². The zero-order valence-electron chi connectivity index (χ0n) is 12.4. The quantitative estimate of drug-likeness (QED) is 0.663. The van der Waals surface area contributed by atoms with Gasteiger partial charge in [-0.2, -0.15) is 0 Å². The average molecular weight is 271 g/mol. The van der Waals surface area contributed by atoms with Crippen molar-refractivity contribution in [2.24, 2.45) is 5.84 Å². The van der Waals surface area contributed by atoms with Crippen molar-refractivity contribution in [1.82, 2.24) is 10.4 Å². The molecule has 0 amide bonds. The first kappa shape index (κ1) is 14.5. The molecule has 3 N–H and O–H groups in total. The van der Waals surface area contributed by atoms with Crippen LogP contribution in [0.2, 0.25) is 0 Å². The van der Waals surface area contributed by atoms with E-state index in [0.29, 0.717) is 0 Å². The molecule has 106 valence electrons. The Morgan fingerprint density at radius 1 is 1.20 bits per heavy atom. The molecule has 1 atom stereocenters. The topological polar surface area (TPSA) is 60.2 Å². The van der Waals surface area contributed by atoms with Gasteiger partial charge in [0.2, 0.25) is 0 Å². The lowest BCUT2D eigenvalue weighted by atomic mass is 9.95. The van der Waals surface area contributed by atoms with Crippen LogP contribution in [-0.4, -0.2) is 12.1 Å². The van der Waals surface area contributed by atoms with Gasteiger partial charge in [0, 0.05) is 11.3 Å². The highest BCUT2D eigenvalue weighted by atomic mass is 16.5. The van der Waals surface area contributed by atoms with E-state index in [-0.39, 0.29) is 6.04 Å². The van der Waals surface area contributed by atoms with Crippen LogP contribution in [0.25, 0.3) is 0 Å². The molecule has 0 aliphatic heterocycles. The number of hydrazine groups is 1. The molecule has 1 unspecified atom stereocenters. The summed E-state index contributed by atoms with van der Waals surface area (Å²) in [6.45, 7) is 6.08. The summed E-state index contributed by atoms with van der Waals surface area (Å²) in [6, 6.07) is 9.87. The summed E-state index contributed by atoms with van der Waals surface area (Å²) < 4.78 is 5.52. The number of rotatable bonds is 4. The van der Waals surface area contributed by atoms with Gasteiger partial charge in [-0.15, -0.1) is 0 Å². The van der Waals surface area contributed by atoms with Crippen molar-refractivity contribution in [3.05, 3.63) is 58.4 Å². The first-order valence-electron chi connectivity index (χ1n) is 6.61. The van der Waals surface area contributed by atoms with E-state index in [2.05, 4.69) is 30.3 Å². The van der Waals surface area contributed by atoms with Gasteiger partial charge >= 0.3 is 0 Å². The van der Waals surface area contributed by atoms with Gasteiger partial charge in [0.25, 0.3) is 0 Å². The van der Waals surface area contributed by atoms with Gasteiger partial charge in [0.05, 0.1) is 18.8 Å². The van der Waals surface area contributed by atoms with E-state index in [1.165, 1.54) is 0 Å². The van der Waals surface area contributed by atoms with Crippen molar-refractivity contribution < 1.29 is 4.74 Å². The Balaban J connectivity index is 2.57. The standard InChI is InChI=1S/C16H21N3O/c1-10-8-11(2)15(14(9-10)20-4)16(19-17)13-7-5-6-12(3)18-13/h5-9,16,19H,17H2,1-4H3. The van der Waals surface area contributed by atoms with Crippen molar-refractivity contribution in [2.75, 3.05) is 7.11 Å². The van der Waals surface area contributed by atoms with E-state index >= 15 is 0 Å². The number of nitrogens with one attached hydrogen (secondary N) is 1. The van der Waals surface area contributed by atoms with Crippen LogP contribution in [0.1, 0.15) is 34.1 Å². The SMILES string of the molecule is COc1cc(C)cc(C)c1C(NN)c1cccc(C)n1. The van der Waals surface area contributed by atoms with Gasteiger partial charge in [-0.1, -0.05) is 12.1 Å². The van der Waals surface area contributed by atoms with Crippen molar-refractivity contribution in [1.29, 1.82) is 0 Å². The molecule has 0 radical (unpaired) electrons. The van der Waals surface area contributed by atoms with Crippen molar-refractivity contribution in [2.45, 2.75) is 26.8 Å². The predicted molar refractivity (Wildman–Crippen MR) is 80.6 cm³/mol. The molecule has 0 fully saturated rings. The third-order valence-corrected chi connectivity index (χ3v) is 3.37. The van der Waals surface area contributed by atoms with Gasteiger partial charge < -0.3 is 4.74 Å². The highest BCUT2D eigenvalue weighted by Crippen LogP contribution is 2.32. The van der Waals surface area contributed by atoms with Gasteiger partial charge in [-0.3, -0.25) is 10.8 Å². The smallest absolute Gasteiger partial charge is 0.124 e. The molecule has 4 nitrogen and oxygen atoms in total. The Kier molecular flexibility index (Phi) is 4.37. The minimum atomic E-state index is -0.189.